The molecule has 0 spiro atoms. The van der Waals surface area contributed by atoms with E-state index in [1.807, 2.05) is 51.1 Å². The van der Waals surface area contributed by atoms with Crippen molar-refractivity contribution in [3.8, 4) is 0 Å². The highest BCUT2D eigenvalue weighted by atomic mass is 16.7. The topological polar surface area (TPSA) is 59.0 Å². The molecule has 1 aromatic rings. The predicted octanol–water partition coefficient (Wildman–Crippen LogP) is 3.05. The lowest BCUT2D eigenvalue weighted by Crippen LogP contribution is -2.39. The van der Waals surface area contributed by atoms with E-state index in [0.717, 1.165) is 5.56 Å². The smallest absolute Gasteiger partial charge is 0.434 e. The molecule has 5 nitrogen and oxygen atoms in total. The van der Waals surface area contributed by atoms with Gasteiger partial charge in [-0.05, 0) is 32.8 Å². The van der Waals surface area contributed by atoms with Crippen molar-refractivity contribution in [2.45, 2.75) is 51.4 Å². The van der Waals surface area contributed by atoms with E-state index >= 15 is 0 Å². The number of amides is 1. The summed E-state index contributed by atoms with van der Waals surface area (Å²) >= 11 is 0. The van der Waals surface area contributed by atoms with Crippen LogP contribution >= 0.6 is 0 Å². The van der Waals surface area contributed by atoms with Crippen LogP contribution in [-0.4, -0.2) is 34.5 Å². The second-order valence-electron chi connectivity index (χ2n) is 6.21. The molecular formula is C16H23NO4. The number of carbonyl (C=O) groups is 1. The lowest BCUT2D eigenvalue weighted by Gasteiger charge is -2.26. The first-order chi connectivity index (χ1) is 9.90. The van der Waals surface area contributed by atoms with Gasteiger partial charge in [0.1, 0.15) is 11.7 Å². The van der Waals surface area contributed by atoms with Gasteiger partial charge in [0.05, 0.1) is 6.04 Å². The summed E-state index contributed by atoms with van der Waals surface area (Å²) in [4.78, 5) is 18.0. The van der Waals surface area contributed by atoms with Crippen LogP contribution in [0.4, 0.5) is 4.79 Å². The molecule has 116 valence electrons. The molecule has 1 N–H and O–H groups in total. The van der Waals surface area contributed by atoms with Crippen molar-refractivity contribution in [1.29, 1.82) is 0 Å². The molecule has 5 heteroatoms. The van der Waals surface area contributed by atoms with Crippen molar-refractivity contribution in [2.75, 3.05) is 6.61 Å². The third-order valence-corrected chi connectivity index (χ3v) is 3.27. The Kier molecular flexibility index (Phi) is 4.85. The van der Waals surface area contributed by atoms with Crippen molar-refractivity contribution in [3.05, 3.63) is 35.9 Å². The van der Waals surface area contributed by atoms with Gasteiger partial charge < -0.3 is 9.84 Å². The van der Waals surface area contributed by atoms with Crippen LogP contribution in [0.15, 0.2) is 30.3 Å². The summed E-state index contributed by atoms with van der Waals surface area (Å²) in [5, 5.41) is 10.5. The first kappa shape index (κ1) is 15.8. The Hall–Kier alpha value is -1.59. The van der Waals surface area contributed by atoms with Gasteiger partial charge in [-0.3, -0.25) is 4.84 Å². The SMILES string of the molecule is CC(C)(C)OC(=O)N1O[C@@H](c2ccccc2)C[C@H]1CCO. The van der Waals surface area contributed by atoms with E-state index in [2.05, 4.69) is 0 Å². The average molecular weight is 293 g/mol. The number of benzene rings is 1. The van der Waals surface area contributed by atoms with Crippen LogP contribution in [0.5, 0.6) is 0 Å². The zero-order chi connectivity index (χ0) is 15.5. The van der Waals surface area contributed by atoms with Crippen LogP contribution in [0, 0.1) is 0 Å². The highest BCUT2D eigenvalue weighted by Crippen LogP contribution is 2.35. The number of rotatable bonds is 3. The maximum Gasteiger partial charge on any atom is 0.434 e. The third-order valence-electron chi connectivity index (χ3n) is 3.27. The van der Waals surface area contributed by atoms with E-state index in [4.69, 9.17) is 9.57 Å². The zero-order valence-electron chi connectivity index (χ0n) is 12.8. The van der Waals surface area contributed by atoms with Gasteiger partial charge in [-0.2, -0.15) is 5.06 Å². The van der Waals surface area contributed by atoms with Gasteiger partial charge in [0.15, 0.2) is 0 Å². The fraction of sp³-hybridized carbons (Fsp3) is 0.562. The van der Waals surface area contributed by atoms with Gasteiger partial charge in [0.25, 0.3) is 0 Å². The first-order valence-electron chi connectivity index (χ1n) is 7.25. The molecular weight excluding hydrogens is 270 g/mol. The van der Waals surface area contributed by atoms with Crippen LogP contribution in [-0.2, 0) is 9.57 Å². The summed E-state index contributed by atoms with van der Waals surface area (Å²) in [6.45, 7) is 5.46. The number of hydrogen-bond donors (Lipinski definition) is 1. The molecule has 1 amide bonds. The molecule has 0 bridgehead atoms. The summed E-state index contributed by atoms with van der Waals surface area (Å²) in [6.07, 6.45) is 0.446. The number of ether oxygens (including phenoxy) is 1. The van der Waals surface area contributed by atoms with Crippen molar-refractivity contribution in [3.63, 3.8) is 0 Å². The Morgan fingerprint density at radius 3 is 2.62 bits per heavy atom. The molecule has 0 aromatic heterocycles. The van der Waals surface area contributed by atoms with E-state index in [0.29, 0.717) is 12.8 Å². The van der Waals surface area contributed by atoms with Gasteiger partial charge >= 0.3 is 6.09 Å². The normalized spacial score (nSPS) is 22.4. The van der Waals surface area contributed by atoms with E-state index in [9.17, 15) is 9.90 Å². The highest BCUT2D eigenvalue weighted by Gasteiger charge is 2.39. The van der Waals surface area contributed by atoms with Crippen molar-refractivity contribution >= 4 is 6.09 Å². The number of hydrogen-bond acceptors (Lipinski definition) is 4. The molecule has 0 radical (unpaired) electrons. The minimum Gasteiger partial charge on any atom is -0.442 e. The van der Waals surface area contributed by atoms with E-state index in [1.54, 1.807) is 0 Å². The molecule has 1 fully saturated rings. The standard InChI is InChI=1S/C16H23NO4/c1-16(2,3)20-15(19)17-13(9-10-18)11-14(21-17)12-7-5-4-6-8-12/h4-8,13-14,18H,9-11H2,1-3H3/t13-,14-/m1/s1. The predicted molar refractivity (Wildman–Crippen MR) is 78.4 cm³/mol. The van der Waals surface area contributed by atoms with Gasteiger partial charge in [0.2, 0.25) is 0 Å². The Morgan fingerprint density at radius 2 is 2.05 bits per heavy atom. The van der Waals surface area contributed by atoms with E-state index < -0.39 is 11.7 Å². The molecule has 1 aliphatic heterocycles. The average Bonchev–Trinajstić information content (AvgIpc) is 2.82. The van der Waals surface area contributed by atoms with Crippen LogP contribution in [0.25, 0.3) is 0 Å². The second-order valence-corrected chi connectivity index (χ2v) is 6.21. The third kappa shape index (κ3) is 4.19. The maximum absolute atomic E-state index is 12.2. The molecule has 0 unspecified atom stereocenters. The number of aliphatic hydroxyl groups is 1. The lowest BCUT2D eigenvalue weighted by atomic mass is 10.0. The molecule has 1 aliphatic rings. The minimum absolute atomic E-state index is 0.00876. The molecule has 2 atom stereocenters. The van der Waals surface area contributed by atoms with Crippen LogP contribution in [0.1, 0.15) is 45.3 Å². The molecule has 1 aromatic carbocycles. The highest BCUT2D eigenvalue weighted by molar-refractivity contribution is 5.67. The van der Waals surface area contributed by atoms with Crippen LogP contribution in [0.2, 0.25) is 0 Å². The Bertz CT molecular complexity index is 469. The van der Waals surface area contributed by atoms with Gasteiger partial charge in [-0.15, -0.1) is 0 Å². The maximum atomic E-state index is 12.2. The van der Waals surface area contributed by atoms with E-state index in [1.165, 1.54) is 5.06 Å². The molecule has 1 saturated heterocycles. The Labute approximate surface area is 125 Å². The number of nitrogens with zero attached hydrogens (tertiary/aromatic N) is 1. The molecule has 1 heterocycles. The van der Waals surface area contributed by atoms with Gasteiger partial charge in [-0.25, -0.2) is 4.79 Å². The summed E-state index contributed by atoms with van der Waals surface area (Å²) in [6, 6.07) is 9.59. The molecule has 0 aliphatic carbocycles. The summed E-state index contributed by atoms with van der Waals surface area (Å²) in [5.41, 5.74) is 0.446. The van der Waals surface area contributed by atoms with Crippen molar-refractivity contribution in [2.24, 2.45) is 0 Å². The monoisotopic (exact) mass is 293 g/mol. The first-order valence-corrected chi connectivity index (χ1v) is 7.25. The van der Waals surface area contributed by atoms with Crippen LogP contribution < -0.4 is 0 Å². The quantitative estimate of drug-likeness (QED) is 0.930. The molecule has 2 rings (SSSR count). The number of aliphatic hydroxyl groups excluding tert-OH is 1. The lowest BCUT2D eigenvalue weighted by molar-refractivity contribution is -0.153. The van der Waals surface area contributed by atoms with Crippen LogP contribution in [0.3, 0.4) is 0 Å². The summed E-state index contributed by atoms with van der Waals surface area (Å²) in [7, 11) is 0. The second kappa shape index (κ2) is 6.45. The zero-order valence-corrected chi connectivity index (χ0v) is 12.8. The van der Waals surface area contributed by atoms with Crippen molar-refractivity contribution in [1.82, 2.24) is 5.06 Å². The Morgan fingerprint density at radius 1 is 1.38 bits per heavy atom. The minimum atomic E-state index is -0.574. The molecule has 0 saturated carbocycles. The number of hydroxylamine groups is 2. The fourth-order valence-corrected chi connectivity index (χ4v) is 2.36. The Balaban J connectivity index is 2.10. The molecule has 21 heavy (non-hydrogen) atoms. The van der Waals surface area contributed by atoms with Crippen molar-refractivity contribution < 1.29 is 19.5 Å². The summed E-state index contributed by atoms with van der Waals surface area (Å²) < 4.78 is 5.36. The summed E-state index contributed by atoms with van der Waals surface area (Å²) in [5.74, 6) is 0. The van der Waals surface area contributed by atoms with Gasteiger partial charge in [-0.1, -0.05) is 30.3 Å². The number of carbonyl (C=O) groups excluding carboxylic acids is 1. The van der Waals surface area contributed by atoms with Gasteiger partial charge in [0, 0.05) is 13.0 Å². The fourth-order valence-electron chi connectivity index (χ4n) is 2.36. The van der Waals surface area contributed by atoms with E-state index in [-0.39, 0.29) is 18.8 Å². The largest absolute Gasteiger partial charge is 0.442 e.